The molecule has 0 aromatic heterocycles. The van der Waals surface area contributed by atoms with Gasteiger partial charge in [-0.05, 0) is 66.1 Å². The average molecular weight is 212 g/mol. The summed E-state index contributed by atoms with van der Waals surface area (Å²) in [6, 6.07) is 0.751. The van der Waals surface area contributed by atoms with E-state index in [2.05, 4.69) is 37.9 Å². The lowest BCUT2D eigenvalue weighted by molar-refractivity contribution is 0.118. The summed E-state index contributed by atoms with van der Waals surface area (Å²) in [5.41, 5.74) is 0.442. The molecule has 1 aliphatic rings. The normalized spacial score (nSPS) is 23.2. The molecule has 0 bridgehead atoms. The van der Waals surface area contributed by atoms with Crippen LogP contribution in [0.1, 0.15) is 53.4 Å². The number of likely N-dealkylation sites (tertiary alicyclic amines) is 1. The Morgan fingerprint density at radius 1 is 1.40 bits per heavy atom. The maximum atomic E-state index is 3.40. The second-order valence-electron chi connectivity index (χ2n) is 5.45. The molecule has 0 spiro atoms. The lowest BCUT2D eigenvalue weighted by Gasteiger charge is -2.36. The minimum atomic E-state index is 0.442. The van der Waals surface area contributed by atoms with Gasteiger partial charge in [0.25, 0.3) is 0 Å². The van der Waals surface area contributed by atoms with Crippen molar-refractivity contribution in [3.63, 3.8) is 0 Å². The van der Waals surface area contributed by atoms with E-state index in [1.807, 2.05) is 0 Å². The first-order valence-electron chi connectivity index (χ1n) is 6.55. The Balaban J connectivity index is 2.24. The summed E-state index contributed by atoms with van der Waals surface area (Å²) in [5.74, 6) is 0. The first kappa shape index (κ1) is 13.0. The molecule has 1 rings (SSSR count). The van der Waals surface area contributed by atoms with Crippen molar-refractivity contribution in [3.05, 3.63) is 0 Å². The summed E-state index contributed by atoms with van der Waals surface area (Å²) in [7, 11) is 0. The summed E-state index contributed by atoms with van der Waals surface area (Å²) in [4.78, 5) is 2.69. The van der Waals surface area contributed by atoms with Gasteiger partial charge in [-0.2, -0.15) is 0 Å². The SMILES string of the molecule is CCNCCCC(C)N1CCCC1(C)C. The zero-order valence-corrected chi connectivity index (χ0v) is 11.0. The summed E-state index contributed by atoms with van der Waals surface area (Å²) in [6.07, 6.45) is 5.38. The predicted octanol–water partition coefficient (Wildman–Crippen LogP) is 2.64. The summed E-state index contributed by atoms with van der Waals surface area (Å²) in [6.45, 7) is 12.9. The van der Waals surface area contributed by atoms with Gasteiger partial charge in [0.2, 0.25) is 0 Å². The van der Waals surface area contributed by atoms with Gasteiger partial charge in [-0.3, -0.25) is 4.90 Å². The van der Waals surface area contributed by atoms with Gasteiger partial charge in [-0.1, -0.05) is 6.92 Å². The van der Waals surface area contributed by atoms with Gasteiger partial charge in [0.15, 0.2) is 0 Å². The molecule has 1 heterocycles. The Bertz CT molecular complexity index is 177. The molecule has 1 saturated heterocycles. The van der Waals surface area contributed by atoms with Crippen molar-refractivity contribution in [1.82, 2.24) is 10.2 Å². The average Bonchev–Trinajstić information content (AvgIpc) is 2.52. The van der Waals surface area contributed by atoms with Gasteiger partial charge in [0.05, 0.1) is 0 Å². The van der Waals surface area contributed by atoms with E-state index >= 15 is 0 Å². The highest BCUT2D eigenvalue weighted by Gasteiger charge is 2.34. The van der Waals surface area contributed by atoms with Gasteiger partial charge in [-0.25, -0.2) is 0 Å². The fraction of sp³-hybridized carbons (Fsp3) is 1.00. The number of nitrogens with one attached hydrogen (secondary N) is 1. The van der Waals surface area contributed by atoms with Crippen molar-refractivity contribution < 1.29 is 0 Å². The van der Waals surface area contributed by atoms with E-state index in [1.165, 1.54) is 38.8 Å². The van der Waals surface area contributed by atoms with Gasteiger partial charge >= 0.3 is 0 Å². The summed E-state index contributed by atoms with van der Waals surface area (Å²) < 4.78 is 0. The van der Waals surface area contributed by atoms with Crippen molar-refractivity contribution >= 4 is 0 Å². The number of nitrogens with zero attached hydrogens (tertiary/aromatic N) is 1. The fourth-order valence-corrected chi connectivity index (χ4v) is 2.80. The van der Waals surface area contributed by atoms with Crippen molar-refractivity contribution in [2.24, 2.45) is 0 Å². The largest absolute Gasteiger partial charge is 0.317 e. The van der Waals surface area contributed by atoms with Crippen LogP contribution in [0, 0.1) is 0 Å². The number of hydrogen-bond acceptors (Lipinski definition) is 2. The van der Waals surface area contributed by atoms with Crippen LogP contribution in [0.3, 0.4) is 0 Å². The third-order valence-corrected chi connectivity index (χ3v) is 3.72. The lowest BCUT2D eigenvalue weighted by Crippen LogP contribution is -2.44. The Hall–Kier alpha value is -0.0800. The standard InChI is InChI=1S/C13H28N2/c1-5-14-10-6-8-12(2)15-11-7-9-13(15,3)4/h12,14H,5-11H2,1-4H3. The molecule has 0 aromatic carbocycles. The molecular weight excluding hydrogens is 184 g/mol. The first-order chi connectivity index (χ1) is 7.08. The van der Waals surface area contributed by atoms with Gasteiger partial charge in [0.1, 0.15) is 0 Å². The highest BCUT2D eigenvalue weighted by Crippen LogP contribution is 2.31. The molecule has 2 heteroatoms. The van der Waals surface area contributed by atoms with E-state index in [0.717, 1.165) is 12.6 Å². The van der Waals surface area contributed by atoms with Crippen LogP contribution in [0.4, 0.5) is 0 Å². The quantitative estimate of drug-likeness (QED) is 0.681. The van der Waals surface area contributed by atoms with Crippen LogP contribution in [-0.4, -0.2) is 36.1 Å². The monoisotopic (exact) mass is 212 g/mol. The van der Waals surface area contributed by atoms with E-state index in [1.54, 1.807) is 0 Å². The molecule has 1 fully saturated rings. The highest BCUT2D eigenvalue weighted by atomic mass is 15.2. The third-order valence-electron chi connectivity index (χ3n) is 3.72. The number of rotatable bonds is 6. The lowest BCUT2D eigenvalue weighted by atomic mass is 9.99. The second-order valence-corrected chi connectivity index (χ2v) is 5.45. The Kier molecular flexibility index (Phi) is 5.07. The molecule has 2 nitrogen and oxygen atoms in total. The predicted molar refractivity (Wildman–Crippen MR) is 67.3 cm³/mol. The first-order valence-corrected chi connectivity index (χ1v) is 6.55. The molecule has 1 aliphatic heterocycles. The molecule has 1 N–H and O–H groups in total. The van der Waals surface area contributed by atoms with Crippen molar-refractivity contribution in [3.8, 4) is 0 Å². The van der Waals surface area contributed by atoms with Crippen molar-refractivity contribution in [2.75, 3.05) is 19.6 Å². The van der Waals surface area contributed by atoms with Crippen molar-refractivity contribution in [2.45, 2.75) is 65.0 Å². The van der Waals surface area contributed by atoms with E-state index < -0.39 is 0 Å². The van der Waals surface area contributed by atoms with Crippen LogP contribution in [0.15, 0.2) is 0 Å². The third kappa shape index (κ3) is 3.76. The maximum absolute atomic E-state index is 3.40. The van der Waals surface area contributed by atoms with Crippen molar-refractivity contribution in [1.29, 1.82) is 0 Å². The Morgan fingerprint density at radius 2 is 2.13 bits per heavy atom. The molecule has 90 valence electrons. The van der Waals surface area contributed by atoms with Crippen LogP contribution in [0.2, 0.25) is 0 Å². The molecule has 1 atom stereocenters. The van der Waals surface area contributed by atoms with E-state index in [9.17, 15) is 0 Å². The van der Waals surface area contributed by atoms with Crippen LogP contribution in [0.25, 0.3) is 0 Å². The topological polar surface area (TPSA) is 15.3 Å². The van der Waals surface area contributed by atoms with E-state index in [4.69, 9.17) is 0 Å². The zero-order chi connectivity index (χ0) is 11.3. The molecule has 0 amide bonds. The van der Waals surface area contributed by atoms with Gasteiger partial charge in [-0.15, -0.1) is 0 Å². The molecule has 0 radical (unpaired) electrons. The molecule has 0 aromatic rings. The van der Waals surface area contributed by atoms with Crippen LogP contribution < -0.4 is 5.32 Å². The highest BCUT2D eigenvalue weighted by molar-refractivity contribution is 4.90. The van der Waals surface area contributed by atoms with Crippen LogP contribution >= 0.6 is 0 Å². The zero-order valence-electron chi connectivity index (χ0n) is 11.0. The maximum Gasteiger partial charge on any atom is 0.0156 e. The Morgan fingerprint density at radius 3 is 2.67 bits per heavy atom. The smallest absolute Gasteiger partial charge is 0.0156 e. The molecule has 0 aliphatic carbocycles. The molecular formula is C13H28N2. The fourth-order valence-electron chi connectivity index (χ4n) is 2.80. The Labute approximate surface area is 95.4 Å². The van der Waals surface area contributed by atoms with E-state index in [0.29, 0.717) is 5.54 Å². The molecule has 0 saturated carbocycles. The second kappa shape index (κ2) is 5.86. The van der Waals surface area contributed by atoms with E-state index in [-0.39, 0.29) is 0 Å². The van der Waals surface area contributed by atoms with Crippen LogP contribution in [0.5, 0.6) is 0 Å². The summed E-state index contributed by atoms with van der Waals surface area (Å²) >= 11 is 0. The molecule has 1 unspecified atom stereocenters. The minimum Gasteiger partial charge on any atom is -0.317 e. The molecule has 15 heavy (non-hydrogen) atoms. The summed E-state index contributed by atoms with van der Waals surface area (Å²) in [5, 5.41) is 3.40. The van der Waals surface area contributed by atoms with Gasteiger partial charge in [0, 0.05) is 11.6 Å². The van der Waals surface area contributed by atoms with Gasteiger partial charge < -0.3 is 5.32 Å². The number of hydrogen-bond donors (Lipinski definition) is 1. The van der Waals surface area contributed by atoms with Crippen LogP contribution in [-0.2, 0) is 0 Å². The minimum absolute atomic E-state index is 0.442.